The number of allylic oxidation sites excluding steroid dienone is 1. The number of aromatic nitrogens is 1. The average Bonchev–Trinajstić information content (AvgIpc) is 3.11. The summed E-state index contributed by atoms with van der Waals surface area (Å²) in [6.07, 6.45) is 6.58. The van der Waals surface area contributed by atoms with Crippen LogP contribution in [0.3, 0.4) is 0 Å². The van der Waals surface area contributed by atoms with Gasteiger partial charge in [0.05, 0.1) is 6.26 Å². The highest BCUT2D eigenvalue weighted by molar-refractivity contribution is 5.91. The number of hydrogen-bond acceptors (Lipinski definition) is 3. The van der Waals surface area contributed by atoms with Crippen molar-refractivity contribution in [1.29, 1.82) is 0 Å². The molecule has 0 unspecified atom stereocenters. The van der Waals surface area contributed by atoms with Gasteiger partial charge in [-0.3, -0.25) is 9.59 Å². The van der Waals surface area contributed by atoms with Gasteiger partial charge in [-0.2, -0.15) is 0 Å². The molecule has 5 heteroatoms. The quantitative estimate of drug-likeness (QED) is 0.853. The largest absolute Gasteiger partial charge is 0.459 e. The second kappa shape index (κ2) is 5.82. The first kappa shape index (κ1) is 15.0. The summed E-state index contributed by atoms with van der Waals surface area (Å²) in [6, 6.07) is 6.97. The zero-order chi connectivity index (χ0) is 16.7. The molecule has 2 aromatic heterocycles. The monoisotopic (exact) mass is 324 g/mol. The smallest absolute Gasteiger partial charge is 0.289 e. The minimum Gasteiger partial charge on any atom is -0.459 e. The molecule has 2 aliphatic rings. The highest BCUT2D eigenvalue weighted by Gasteiger charge is 2.38. The van der Waals surface area contributed by atoms with Crippen molar-refractivity contribution in [2.45, 2.75) is 25.8 Å². The number of fused-ring (bicyclic) bond motifs is 4. The van der Waals surface area contributed by atoms with Crippen molar-refractivity contribution in [3.8, 4) is 0 Å². The van der Waals surface area contributed by atoms with Crippen LogP contribution in [-0.2, 0) is 6.54 Å². The minimum atomic E-state index is -0.0611. The second-order valence-corrected chi connectivity index (χ2v) is 6.61. The van der Waals surface area contributed by atoms with Gasteiger partial charge in [-0.25, -0.2) is 0 Å². The molecule has 5 nitrogen and oxygen atoms in total. The average molecular weight is 324 g/mol. The summed E-state index contributed by atoms with van der Waals surface area (Å²) in [5.41, 5.74) is 2.19. The molecule has 2 atom stereocenters. The SMILES string of the molecule is CC=Cc1ccc(=O)n2c1[C@H]1C[C@@H](CN(C(=O)c3ccco3)C1)C2. The standard InChI is InChI=1S/C19H20N2O3/c1-2-4-14-6-7-17(22)21-11-13-9-15(18(14)21)12-20(10-13)19(23)16-5-3-8-24-16/h2-8,13,15H,9-12H2,1H3/t13-,15-/m0/s1. The number of furan rings is 1. The predicted octanol–water partition coefficient (Wildman–Crippen LogP) is 2.73. The Labute approximate surface area is 140 Å². The fourth-order valence-electron chi connectivity index (χ4n) is 4.09. The summed E-state index contributed by atoms with van der Waals surface area (Å²) in [6.45, 7) is 3.96. The van der Waals surface area contributed by atoms with Crippen LogP contribution in [0.1, 0.15) is 41.1 Å². The van der Waals surface area contributed by atoms with Gasteiger partial charge in [0, 0.05) is 37.3 Å². The van der Waals surface area contributed by atoms with Crippen LogP contribution in [0.2, 0.25) is 0 Å². The normalized spacial score (nSPS) is 22.6. The Morgan fingerprint density at radius 1 is 1.25 bits per heavy atom. The maximum absolute atomic E-state index is 12.6. The van der Waals surface area contributed by atoms with E-state index in [1.54, 1.807) is 18.2 Å². The maximum atomic E-state index is 12.6. The first-order valence-corrected chi connectivity index (χ1v) is 8.36. The van der Waals surface area contributed by atoms with Crippen molar-refractivity contribution < 1.29 is 9.21 Å². The number of pyridine rings is 1. The summed E-state index contributed by atoms with van der Waals surface area (Å²) >= 11 is 0. The van der Waals surface area contributed by atoms with Gasteiger partial charge < -0.3 is 13.9 Å². The fraction of sp³-hybridized carbons (Fsp3) is 0.368. The Hall–Kier alpha value is -2.56. The number of likely N-dealkylation sites (tertiary alicyclic amines) is 1. The number of rotatable bonds is 2. The van der Waals surface area contributed by atoms with E-state index in [9.17, 15) is 9.59 Å². The topological polar surface area (TPSA) is 55.5 Å². The van der Waals surface area contributed by atoms with Gasteiger partial charge in [0.1, 0.15) is 0 Å². The van der Waals surface area contributed by atoms with E-state index in [1.165, 1.54) is 6.26 Å². The number of nitrogens with zero attached hydrogens (tertiary/aromatic N) is 2. The molecule has 24 heavy (non-hydrogen) atoms. The van der Waals surface area contributed by atoms with Crippen LogP contribution in [0.4, 0.5) is 0 Å². The Bertz CT molecular complexity index is 848. The Morgan fingerprint density at radius 3 is 2.88 bits per heavy atom. The van der Waals surface area contributed by atoms with E-state index in [4.69, 9.17) is 4.42 Å². The third-order valence-electron chi connectivity index (χ3n) is 4.99. The summed E-state index contributed by atoms with van der Waals surface area (Å²) < 4.78 is 7.17. The van der Waals surface area contributed by atoms with E-state index < -0.39 is 0 Å². The van der Waals surface area contributed by atoms with Crippen LogP contribution < -0.4 is 5.56 Å². The minimum absolute atomic E-state index is 0.0544. The van der Waals surface area contributed by atoms with Gasteiger partial charge in [-0.1, -0.05) is 12.2 Å². The molecule has 4 heterocycles. The van der Waals surface area contributed by atoms with E-state index >= 15 is 0 Å². The van der Waals surface area contributed by atoms with Crippen molar-refractivity contribution in [1.82, 2.24) is 9.47 Å². The van der Waals surface area contributed by atoms with Crippen LogP contribution in [0.5, 0.6) is 0 Å². The van der Waals surface area contributed by atoms with Crippen LogP contribution in [0, 0.1) is 5.92 Å². The van der Waals surface area contributed by atoms with Gasteiger partial charge in [-0.05, 0) is 43.0 Å². The summed E-state index contributed by atoms with van der Waals surface area (Å²) in [4.78, 5) is 26.8. The number of carbonyl (C=O) groups excluding carboxylic acids is 1. The highest BCUT2D eigenvalue weighted by Crippen LogP contribution is 2.37. The van der Waals surface area contributed by atoms with Gasteiger partial charge in [-0.15, -0.1) is 0 Å². The zero-order valence-electron chi connectivity index (χ0n) is 13.6. The van der Waals surface area contributed by atoms with E-state index in [2.05, 4.69) is 0 Å². The van der Waals surface area contributed by atoms with E-state index in [1.807, 2.05) is 34.6 Å². The first-order valence-electron chi connectivity index (χ1n) is 8.36. The van der Waals surface area contributed by atoms with E-state index in [0.29, 0.717) is 31.3 Å². The molecule has 0 aromatic carbocycles. The van der Waals surface area contributed by atoms with Gasteiger partial charge >= 0.3 is 0 Å². The second-order valence-electron chi connectivity index (χ2n) is 6.61. The van der Waals surface area contributed by atoms with Gasteiger partial charge in [0.15, 0.2) is 5.76 Å². The molecule has 0 spiro atoms. The first-order chi connectivity index (χ1) is 11.7. The van der Waals surface area contributed by atoms with Crippen LogP contribution in [0.25, 0.3) is 6.08 Å². The molecule has 2 aliphatic heterocycles. The molecular formula is C19H20N2O3. The van der Waals surface area contributed by atoms with Crippen LogP contribution >= 0.6 is 0 Å². The molecular weight excluding hydrogens is 304 g/mol. The number of amides is 1. The number of piperidine rings is 1. The lowest BCUT2D eigenvalue weighted by Crippen LogP contribution is -2.49. The molecule has 4 rings (SSSR count). The number of hydrogen-bond donors (Lipinski definition) is 0. The molecule has 2 bridgehead atoms. The predicted molar refractivity (Wildman–Crippen MR) is 90.9 cm³/mol. The van der Waals surface area contributed by atoms with Crippen molar-refractivity contribution in [3.05, 3.63) is 64.0 Å². The molecule has 1 saturated heterocycles. The third-order valence-corrected chi connectivity index (χ3v) is 4.99. The maximum Gasteiger partial charge on any atom is 0.289 e. The third kappa shape index (κ3) is 2.40. The molecule has 2 aromatic rings. The van der Waals surface area contributed by atoms with E-state index in [0.717, 1.165) is 17.7 Å². The molecule has 0 radical (unpaired) electrons. The van der Waals surface area contributed by atoms with Gasteiger partial charge in [0.25, 0.3) is 11.5 Å². The molecule has 0 N–H and O–H groups in total. The van der Waals surface area contributed by atoms with Gasteiger partial charge in [0.2, 0.25) is 0 Å². The van der Waals surface area contributed by atoms with Crippen molar-refractivity contribution >= 4 is 12.0 Å². The molecule has 0 aliphatic carbocycles. The summed E-state index contributed by atoms with van der Waals surface area (Å²) in [5.74, 6) is 0.827. The highest BCUT2D eigenvalue weighted by atomic mass is 16.3. The van der Waals surface area contributed by atoms with Crippen LogP contribution in [0.15, 0.2) is 45.8 Å². The Kier molecular flexibility index (Phi) is 3.63. The molecule has 1 amide bonds. The lowest BCUT2D eigenvalue weighted by Gasteiger charge is -2.43. The van der Waals surface area contributed by atoms with Crippen molar-refractivity contribution in [3.63, 3.8) is 0 Å². The van der Waals surface area contributed by atoms with Crippen molar-refractivity contribution in [2.24, 2.45) is 5.92 Å². The lowest BCUT2D eigenvalue weighted by atomic mass is 9.81. The Morgan fingerprint density at radius 2 is 2.12 bits per heavy atom. The molecule has 124 valence electrons. The van der Waals surface area contributed by atoms with Crippen LogP contribution in [-0.4, -0.2) is 28.5 Å². The lowest BCUT2D eigenvalue weighted by molar-refractivity contribution is 0.0563. The number of carbonyl (C=O) groups is 1. The molecule has 0 saturated carbocycles. The Balaban J connectivity index is 1.71. The summed E-state index contributed by atoms with van der Waals surface area (Å²) in [7, 11) is 0. The zero-order valence-corrected chi connectivity index (χ0v) is 13.6. The summed E-state index contributed by atoms with van der Waals surface area (Å²) in [5, 5.41) is 0. The fourth-order valence-corrected chi connectivity index (χ4v) is 4.09. The van der Waals surface area contributed by atoms with E-state index in [-0.39, 0.29) is 17.4 Å². The molecule has 1 fully saturated rings. The van der Waals surface area contributed by atoms with Crippen molar-refractivity contribution in [2.75, 3.05) is 13.1 Å².